The van der Waals surface area contributed by atoms with Crippen LogP contribution in [0.4, 0.5) is 0 Å². The molecular formula is C49H66O3. The number of unbranched alkanes of at least 4 members (excludes halogenated alkanes) is 3. The molecule has 3 atom stereocenters. The fourth-order valence-corrected chi connectivity index (χ4v) is 7.78. The van der Waals surface area contributed by atoms with Crippen LogP contribution in [0.3, 0.4) is 0 Å². The highest BCUT2D eigenvalue weighted by Crippen LogP contribution is 2.50. The van der Waals surface area contributed by atoms with Crippen molar-refractivity contribution in [2.75, 3.05) is 19.8 Å². The van der Waals surface area contributed by atoms with E-state index in [0.29, 0.717) is 24.4 Å². The average molecular weight is 703 g/mol. The van der Waals surface area contributed by atoms with Gasteiger partial charge in [-0.15, -0.1) is 0 Å². The Kier molecular flexibility index (Phi) is 15.1. The van der Waals surface area contributed by atoms with Crippen LogP contribution in [0, 0.1) is 24.7 Å². The molecule has 0 heterocycles. The molecule has 0 aliphatic rings. The van der Waals surface area contributed by atoms with E-state index in [1.165, 1.54) is 85.1 Å². The van der Waals surface area contributed by atoms with Crippen LogP contribution in [0.15, 0.2) is 72.8 Å². The molecule has 3 unspecified atom stereocenters. The predicted molar refractivity (Wildman–Crippen MR) is 226 cm³/mol. The third-order valence-electron chi connectivity index (χ3n) is 11.4. The zero-order valence-electron chi connectivity index (χ0n) is 33.5. The van der Waals surface area contributed by atoms with Gasteiger partial charge in [-0.25, -0.2) is 0 Å². The minimum atomic E-state index is 0.512. The molecule has 0 aliphatic heterocycles. The van der Waals surface area contributed by atoms with Crippen LogP contribution in [0.25, 0.3) is 43.4 Å². The summed E-state index contributed by atoms with van der Waals surface area (Å²) in [6, 6.07) is 26.7. The molecule has 0 bridgehead atoms. The van der Waals surface area contributed by atoms with Crippen LogP contribution < -0.4 is 14.2 Å². The smallest absolute Gasteiger partial charge is 0.135 e. The van der Waals surface area contributed by atoms with Gasteiger partial charge in [-0.05, 0) is 66.8 Å². The van der Waals surface area contributed by atoms with E-state index in [-0.39, 0.29) is 0 Å². The molecule has 3 nitrogen and oxygen atoms in total. The molecule has 0 spiro atoms. The summed E-state index contributed by atoms with van der Waals surface area (Å²) < 4.78 is 20.9. The fourth-order valence-electron chi connectivity index (χ4n) is 7.78. The van der Waals surface area contributed by atoms with Gasteiger partial charge in [-0.3, -0.25) is 0 Å². The Morgan fingerprint density at radius 1 is 0.462 bits per heavy atom. The molecule has 280 valence electrons. The minimum Gasteiger partial charge on any atom is -0.493 e. The van der Waals surface area contributed by atoms with Gasteiger partial charge >= 0.3 is 0 Å². The lowest BCUT2D eigenvalue weighted by Gasteiger charge is -2.24. The molecule has 0 aliphatic carbocycles. The Labute approximate surface area is 315 Å². The van der Waals surface area contributed by atoms with Crippen molar-refractivity contribution in [3.63, 3.8) is 0 Å². The van der Waals surface area contributed by atoms with Gasteiger partial charge in [0.1, 0.15) is 17.2 Å². The minimum absolute atomic E-state index is 0.512. The standard InChI is InChI=1S/C49H66O3/c1-8-14-21-36(11-4)32-50-46-31-45(49(42-26-19-17-24-39(42)46)52-34-38(13-6)23-16-10-3)47-40-25-18-20-27-43(40)48(44-30-35(7)28-29-41(44)47)51-33-37(12-5)22-15-9-2/h17-20,24-31,36-38H,8-16,21-23,32-34H2,1-7H3. The van der Waals surface area contributed by atoms with Crippen LogP contribution in [0.5, 0.6) is 17.2 Å². The quantitative estimate of drug-likeness (QED) is 0.0672. The summed E-state index contributed by atoms with van der Waals surface area (Å²) in [7, 11) is 0. The monoisotopic (exact) mass is 703 g/mol. The van der Waals surface area contributed by atoms with Crippen molar-refractivity contribution in [2.45, 2.75) is 126 Å². The highest BCUT2D eigenvalue weighted by Gasteiger charge is 2.24. The van der Waals surface area contributed by atoms with Gasteiger partial charge in [-0.2, -0.15) is 0 Å². The number of ether oxygens (including phenoxy) is 3. The largest absolute Gasteiger partial charge is 0.493 e. The van der Waals surface area contributed by atoms with Crippen LogP contribution >= 0.6 is 0 Å². The predicted octanol–water partition coefficient (Wildman–Crippen LogP) is 14.9. The normalized spacial score (nSPS) is 13.4. The topological polar surface area (TPSA) is 27.7 Å². The maximum absolute atomic E-state index is 7.11. The highest BCUT2D eigenvalue weighted by molar-refractivity contribution is 6.19. The van der Waals surface area contributed by atoms with Crippen LogP contribution in [0.2, 0.25) is 0 Å². The molecule has 5 aromatic rings. The van der Waals surface area contributed by atoms with Crippen LogP contribution in [-0.2, 0) is 0 Å². The molecule has 0 radical (unpaired) electrons. The number of aryl methyl sites for hydroxylation is 1. The summed E-state index contributed by atoms with van der Waals surface area (Å²) >= 11 is 0. The number of benzene rings is 5. The van der Waals surface area contributed by atoms with E-state index in [1.807, 2.05) is 0 Å². The van der Waals surface area contributed by atoms with Gasteiger partial charge < -0.3 is 14.2 Å². The molecule has 0 aromatic heterocycles. The molecular weight excluding hydrogens is 637 g/mol. The molecule has 0 saturated carbocycles. The number of fused-ring (bicyclic) bond motifs is 3. The number of hydrogen-bond donors (Lipinski definition) is 0. The Hall–Kier alpha value is -3.72. The van der Waals surface area contributed by atoms with Gasteiger partial charge in [0.15, 0.2) is 0 Å². The van der Waals surface area contributed by atoms with E-state index >= 15 is 0 Å². The van der Waals surface area contributed by atoms with E-state index in [0.717, 1.165) is 71.4 Å². The van der Waals surface area contributed by atoms with E-state index in [4.69, 9.17) is 14.2 Å². The van der Waals surface area contributed by atoms with Gasteiger partial charge in [0.05, 0.1) is 19.8 Å². The van der Waals surface area contributed by atoms with Crippen molar-refractivity contribution in [3.05, 3.63) is 78.4 Å². The van der Waals surface area contributed by atoms with E-state index in [1.54, 1.807) is 0 Å². The van der Waals surface area contributed by atoms with Crippen molar-refractivity contribution in [1.82, 2.24) is 0 Å². The first-order valence-corrected chi connectivity index (χ1v) is 20.9. The first-order chi connectivity index (χ1) is 25.5. The lowest BCUT2D eigenvalue weighted by atomic mass is 9.88. The molecule has 0 amide bonds. The second kappa shape index (κ2) is 19.9. The fraction of sp³-hybridized carbons (Fsp3) is 0.510. The maximum atomic E-state index is 7.11. The Bertz CT molecular complexity index is 1860. The molecule has 5 rings (SSSR count). The lowest BCUT2D eigenvalue weighted by molar-refractivity contribution is 0.232. The van der Waals surface area contributed by atoms with Gasteiger partial charge in [-0.1, -0.05) is 166 Å². The number of hydrogen-bond acceptors (Lipinski definition) is 3. The Morgan fingerprint density at radius 3 is 1.46 bits per heavy atom. The zero-order valence-corrected chi connectivity index (χ0v) is 33.5. The van der Waals surface area contributed by atoms with E-state index in [9.17, 15) is 0 Å². The van der Waals surface area contributed by atoms with Crippen molar-refractivity contribution >= 4 is 32.3 Å². The molecule has 3 heteroatoms. The first kappa shape index (κ1) is 39.5. The lowest BCUT2D eigenvalue weighted by Crippen LogP contribution is -2.13. The molecule has 0 fully saturated rings. The van der Waals surface area contributed by atoms with Crippen molar-refractivity contribution in [3.8, 4) is 28.4 Å². The Morgan fingerprint density at radius 2 is 0.923 bits per heavy atom. The van der Waals surface area contributed by atoms with Gasteiger partial charge in [0, 0.05) is 32.7 Å². The first-order valence-electron chi connectivity index (χ1n) is 20.9. The van der Waals surface area contributed by atoms with Crippen LogP contribution in [0.1, 0.15) is 124 Å². The SMILES string of the molecule is CCCCC(CC)COc1cc(-c2c3ccccc3c(OCC(CC)CCCC)c3cc(C)ccc23)c(OCC(CC)CCCC)c2ccccc12. The zero-order chi connectivity index (χ0) is 36.9. The molecule has 5 aromatic carbocycles. The third kappa shape index (κ3) is 9.44. The summed E-state index contributed by atoms with van der Waals surface area (Å²) in [5.41, 5.74) is 3.53. The summed E-state index contributed by atoms with van der Waals surface area (Å²) in [5, 5.41) is 6.94. The van der Waals surface area contributed by atoms with Crippen molar-refractivity contribution in [1.29, 1.82) is 0 Å². The second-order valence-corrected chi connectivity index (χ2v) is 15.3. The number of rotatable bonds is 22. The second-order valence-electron chi connectivity index (χ2n) is 15.3. The molecule has 52 heavy (non-hydrogen) atoms. The van der Waals surface area contributed by atoms with Crippen LogP contribution in [-0.4, -0.2) is 19.8 Å². The molecule has 0 saturated heterocycles. The summed E-state index contributed by atoms with van der Waals surface area (Å²) in [5.74, 6) is 4.49. The highest BCUT2D eigenvalue weighted by atomic mass is 16.5. The Balaban J connectivity index is 1.75. The summed E-state index contributed by atoms with van der Waals surface area (Å²) in [6.07, 6.45) is 14.3. The van der Waals surface area contributed by atoms with Gasteiger partial charge in [0.25, 0.3) is 0 Å². The van der Waals surface area contributed by atoms with E-state index in [2.05, 4.69) is 121 Å². The summed E-state index contributed by atoms with van der Waals surface area (Å²) in [4.78, 5) is 0. The third-order valence-corrected chi connectivity index (χ3v) is 11.4. The summed E-state index contributed by atoms with van der Waals surface area (Å²) in [6.45, 7) is 18.1. The van der Waals surface area contributed by atoms with Crippen molar-refractivity contribution in [2.24, 2.45) is 17.8 Å². The van der Waals surface area contributed by atoms with Gasteiger partial charge in [0.2, 0.25) is 0 Å². The average Bonchev–Trinajstić information content (AvgIpc) is 3.18. The maximum Gasteiger partial charge on any atom is 0.135 e. The van der Waals surface area contributed by atoms with Crippen molar-refractivity contribution < 1.29 is 14.2 Å². The van der Waals surface area contributed by atoms with E-state index < -0.39 is 0 Å². The molecule has 0 N–H and O–H groups in total.